The molecule has 0 unspecified atom stereocenters. The molecule has 0 bridgehead atoms. The fourth-order valence-electron chi connectivity index (χ4n) is 2.71. The molecule has 4 rings (SSSR count). The van der Waals surface area contributed by atoms with Gasteiger partial charge in [-0.25, -0.2) is 9.67 Å². The van der Waals surface area contributed by atoms with Crippen LogP contribution in [0.2, 0.25) is 0 Å². The molecule has 8 nitrogen and oxygen atoms in total. The van der Waals surface area contributed by atoms with Gasteiger partial charge in [0, 0.05) is 17.9 Å². The van der Waals surface area contributed by atoms with Gasteiger partial charge in [0.2, 0.25) is 0 Å². The van der Waals surface area contributed by atoms with Crippen molar-refractivity contribution >= 4 is 28.5 Å². The Bertz CT molecular complexity index is 1210. The van der Waals surface area contributed by atoms with Gasteiger partial charge in [-0.05, 0) is 24.6 Å². The van der Waals surface area contributed by atoms with Gasteiger partial charge in [0.05, 0.1) is 16.8 Å². The van der Waals surface area contributed by atoms with E-state index >= 15 is 0 Å². The number of aromatic amines is 1. The number of aryl methyl sites for hydroxylation is 1. The zero-order valence-corrected chi connectivity index (χ0v) is 15.6. The Morgan fingerprint density at radius 2 is 1.86 bits per heavy atom. The molecule has 2 heterocycles. The summed E-state index contributed by atoms with van der Waals surface area (Å²) in [5.41, 5.74) is 3.12. The van der Waals surface area contributed by atoms with Gasteiger partial charge in [-0.2, -0.15) is 5.10 Å². The van der Waals surface area contributed by atoms with Gasteiger partial charge in [0.25, 0.3) is 11.2 Å². The molecule has 0 amide bonds. The van der Waals surface area contributed by atoms with Gasteiger partial charge in [0.15, 0.2) is 10.8 Å². The number of H-pyrrole nitrogens is 1. The number of nitro benzene ring substituents is 1. The van der Waals surface area contributed by atoms with E-state index in [2.05, 4.69) is 15.1 Å². The first-order valence-corrected chi connectivity index (χ1v) is 9.41. The molecular formula is C19H15N5O3S. The summed E-state index contributed by atoms with van der Waals surface area (Å²) in [5.74, 6) is 0.519. The second kappa shape index (κ2) is 7.28. The molecule has 0 atom stereocenters. The minimum absolute atomic E-state index is 0.0451. The number of hydrogen-bond donors (Lipinski definition) is 1. The lowest BCUT2D eigenvalue weighted by Gasteiger charge is -2.05. The summed E-state index contributed by atoms with van der Waals surface area (Å²) in [6.45, 7) is 2.00. The van der Waals surface area contributed by atoms with E-state index in [0.717, 1.165) is 16.8 Å². The molecule has 140 valence electrons. The standard InChI is InChI=1S/C19H15N5O3S/c1-12-2-6-14(7-3-12)23-17-16(10-20-23)18(25)22-19(21-17)28-11-13-4-8-15(9-5-13)24(26)27/h2-10H,11H2,1H3,(H,21,22,25). The van der Waals surface area contributed by atoms with E-state index in [1.807, 2.05) is 31.2 Å². The lowest BCUT2D eigenvalue weighted by molar-refractivity contribution is -0.384. The van der Waals surface area contributed by atoms with Crippen molar-refractivity contribution in [2.24, 2.45) is 0 Å². The summed E-state index contributed by atoms with van der Waals surface area (Å²) in [6.07, 6.45) is 1.51. The van der Waals surface area contributed by atoms with Gasteiger partial charge in [-0.1, -0.05) is 41.6 Å². The van der Waals surface area contributed by atoms with Crippen molar-refractivity contribution in [2.75, 3.05) is 0 Å². The van der Waals surface area contributed by atoms with Crippen molar-refractivity contribution in [1.29, 1.82) is 0 Å². The molecule has 0 fully saturated rings. The second-order valence-corrected chi connectivity index (χ2v) is 7.18. The van der Waals surface area contributed by atoms with Crippen molar-refractivity contribution in [3.05, 3.63) is 86.3 Å². The zero-order valence-electron chi connectivity index (χ0n) is 14.8. The van der Waals surface area contributed by atoms with Crippen LogP contribution in [0.1, 0.15) is 11.1 Å². The highest BCUT2D eigenvalue weighted by molar-refractivity contribution is 7.98. The van der Waals surface area contributed by atoms with Crippen molar-refractivity contribution in [2.45, 2.75) is 17.8 Å². The third-order valence-electron chi connectivity index (χ3n) is 4.22. The van der Waals surface area contributed by atoms with Crippen LogP contribution >= 0.6 is 11.8 Å². The summed E-state index contributed by atoms with van der Waals surface area (Å²) in [4.78, 5) is 30.0. The molecule has 9 heteroatoms. The van der Waals surface area contributed by atoms with Crippen molar-refractivity contribution in [3.8, 4) is 5.69 Å². The normalized spacial score (nSPS) is 11.0. The van der Waals surface area contributed by atoms with Crippen LogP contribution in [0.4, 0.5) is 5.69 Å². The van der Waals surface area contributed by atoms with Crippen molar-refractivity contribution in [1.82, 2.24) is 19.7 Å². The predicted octanol–water partition coefficient (Wildman–Crippen LogP) is 3.62. The molecule has 0 aliphatic heterocycles. The fraction of sp³-hybridized carbons (Fsp3) is 0.105. The Morgan fingerprint density at radius 1 is 1.14 bits per heavy atom. The van der Waals surface area contributed by atoms with E-state index in [9.17, 15) is 14.9 Å². The SMILES string of the molecule is Cc1ccc(-n2ncc3c(=O)[nH]c(SCc4ccc([N+](=O)[O-])cc4)nc32)cc1. The first-order valence-electron chi connectivity index (χ1n) is 8.42. The lowest BCUT2D eigenvalue weighted by atomic mass is 10.2. The smallest absolute Gasteiger partial charge is 0.269 e. The summed E-state index contributed by atoms with van der Waals surface area (Å²) in [6, 6.07) is 14.1. The van der Waals surface area contributed by atoms with E-state index in [0.29, 0.717) is 21.9 Å². The molecule has 0 aliphatic carbocycles. The first kappa shape index (κ1) is 17.9. The minimum atomic E-state index is -0.434. The highest BCUT2D eigenvalue weighted by Crippen LogP contribution is 2.22. The van der Waals surface area contributed by atoms with Crippen molar-refractivity contribution < 1.29 is 4.92 Å². The second-order valence-electron chi connectivity index (χ2n) is 6.21. The van der Waals surface area contributed by atoms with E-state index in [-0.39, 0.29) is 11.2 Å². The van der Waals surface area contributed by atoms with Crippen LogP contribution in [-0.2, 0) is 5.75 Å². The number of benzene rings is 2. The Hall–Kier alpha value is -3.46. The Kier molecular flexibility index (Phi) is 4.66. The monoisotopic (exact) mass is 393 g/mol. The summed E-state index contributed by atoms with van der Waals surface area (Å²) in [7, 11) is 0. The lowest BCUT2D eigenvalue weighted by Crippen LogP contribution is -2.09. The van der Waals surface area contributed by atoms with Crippen LogP contribution in [0.15, 0.2) is 64.7 Å². The summed E-state index contributed by atoms with van der Waals surface area (Å²) < 4.78 is 1.64. The maximum absolute atomic E-state index is 12.4. The minimum Gasteiger partial charge on any atom is -0.301 e. The molecule has 0 radical (unpaired) electrons. The topological polar surface area (TPSA) is 107 Å². The van der Waals surface area contributed by atoms with Gasteiger partial charge < -0.3 is 4.98 Å². The number of aromatic nitrogens is 4. The number of rotatable bonds is 5. The third kappa shape index (κ3) is 3.52. The van der Waals surface area contributed by atoms with Gasteiger partial charge in [-0.15, -0.1) is 0 Å². The van der Waals surface area contributed by atoms with E-state index in [1.165, 1.54) is 30.1 Å². The maximum Gasteiger partial charge on any atom is 0.269 e. The molecule has 0 spiro atoms. The van der Waals surface area contributed by atoms with E-state index in [4.69, 9.17) is 0 Å². The Labute approximate surface area is 163 Å². The van der Waals surface area contributed by atoms with Crippen LogP contribution in [0.5, 0.6) is 0 Å². The fourth-order valence-corrected chi connectivity index (χ4v) is 3.52. The summed E-state index contributed by atoms with van der Waals surface area (Å²) in [5, 5.41) is 15.9. The average molecular weight is 393 g/mol. The Balaban J connectivity index is 1.62. The largest absolute Gasteiger partial charge is 0.301 e. The number of hydrogen-bond acceptors (Lipinski definition) is 6. The highest BCUT2D eigenvalue weighted by Gasteiger charge is 2.12. The van der Waals surface area contributed by atoms with Gasteiger partial charge >= 0.3 is 0 Å². The Morgan fingerprint density at radius 3 is 2.54 bits per heavy atom. The third-order valence-corrected chi connectivity index (χ3v) is 5.16. The molecule has 2 aromatic heterocycles. The number of fused-ring (bicyclic) bond motifs is 1. The molecule has 28 heavy (non-hydrogen) atoms. The van der Waals surface area contributed by atoms with Crippen LogP contribution in [0, 0.1) is 17.0 Å². The summed E-state index contributed by atoms with van der Waals surface area (Å²) >= 11 is 1.35. The van der Waals surface area contributed by atoms with Gasteiger partial charge in [-0.3, -0.25) is 14.9 Å². The highest BCUT2D eigenvalue weighted by atomic mass is 32.2. The molecule has 2 aromatic carbocycles. The van der Waals surface area contributed by atoms with Crippen LogP contribution in [0.25, 0.3) is 16.7 Å². The number of nitrogens with one attached hydrogen (secondary N) is 1. The predicted molar refractivity (Wildman–Crippen MR) is 107 cm³/mol. The average Bonchev–Trinajstić information content (AvgIpc) is 3.12. The first-order chi connectivity index (χ1) is 13.5. The van der Waals surface area contributed by atoms with E-state index < -0.39 is 4.92 Å². The number of thioether (sulfide) groups is 1. The number of nitro groups is 1. The molecule has 0 aliphatic rings. The molecule has 4 aromatic rings. The van der Waals surface area contributed by atoms with Crippen LogP contribution in [-0.4, -0.2) is 24.7 Å². The number of nitrogens with zero attached hydrogens (tertiary/aromatic N) is 4. The molecule has 0 saturated carbocycles. The van der Waals surface area contributed by atoms with Crippen LogP contribution < -0.4 is 5.56 Å². The molecule has 0 saturated heterocycles. The molecular weight excluding hydrogens is 378 g/mol. The van der Waals surface area contributed by atoms with Crippen LogP contribution in [0.3, 0.4) is 0 Å². The number of non-ortho nitro benzene ring substituents is 1. The van der Waals surface area contributed by atoms with Crippen molar-refractivity contribution in [3.63, 3.8) is 0 Å². The maximum atomic E-state index is 12.4. The van der Waals surface area contributed by atoms with E-state index in [1.54, 1.807) is 16.8 Å². The van der Waals surface area contributed by atoms with Gasteiger partial charge in [0.1, 0.15) is 5.39 Å². The quantitative estimate of drug-likeness (QED) is 0.240. The molecule has 1 N–H and O–H groups in total. The zero-order chi connectivity index (χ0) is 19.7.